The van der Waals surface area contributed by atoms with Crippen molar-refractivity contribution in [3.05, 3.63) is 0 Å². The molecule has 0 aromatic rings. The molecule has 6 unspecified atom stereocenters. The molecule has 7 heteroatoms. The van der Waals surface area contributed by atoms with Gasteiger partial charge in [-0.2, -0.15) is 13.2 Å². The van der Waals surface area contributed by atoms with Gasteiger partial charge in [-0.25, -0.2) is 4.39 Å². The molecule has 2 bridgehead atoms. The third-order valence-electron chi connectivity index (χ3n) is 6.11. The minimum atomic E-state index is -4.81. The van der Waals surface area contributed by atoms with Crippen LogP contribution in [0.5, 0.6) is 0 Å². The van der Waals surface area contributed by atoms with E-state index in [0.29, 0.717) is 6.42 Å². The van der Waals surface area contributed by atoms with Gasteiger partial charge in [0.1, 0.15) is 6.79 Å². The second-order valence-electron chi connectivity index (χ2n) is 7.08. The van der Waals surface area contributed by atoms with Gasteiger partial charge in [-0.15, -0.1) is 0 Å². The minimum Gasteiger partial charge on any atom is -0.382 e. The van der Waals surface area contributed by atoms with Crippen molar-refractivity contribution < 1.29 is 31.8 Å². The summed E-state index contributed by atoms with van der Waals surface area (Å²) in [7, 11) is 1.46. The number of hydrogen-bond acceptors (Lipinski definition) is 3. The van der Waals surface area contributed by atoms with Gasteiger partial charge in [0.2, 0.25) is 0 Å². The average Bonchev–Trinajstić information content (AvgIpc) is 2.95. The van der Waals surface area contributed by atoms with Gasteiger partial charge in [0.05, 0.1) is 13.2 Å². The first-order valence-electron chi connectivity index (χ1n) is 8.04. The largest absolute Gasteiger partial charge is 0.420 e. The monoisotopic (exact) mass is 342 g/mol. The van der Waals surface area contributed by atoms with Crippen molar-refractivity contribution in [3.8, 4) is 0 Å². The Kier molecular flexibility index (Phi) is 5.34. The Balaban J connectivity index is 2.15. The summed E-state index contributed by atoms with van der Waals surface area (Å²) in [6.07, 6.45) is -4.41. The van der Waals surface area contributed by atoms with Gasteiger partial charge < -0.3 is 14.2 Å². The molecular formula is C16H26F4O3. The number of alkyl halides is 4. The van der Waals surface area contributed by atoms with Crippen LogP contribution < -0.4 is 0 Å². The lowest BCUT2D eigenvalue weighted by Gasteiger charge is -2.48. The molecule has 0 aliphatic heterocycles. The van der Waals surface area contributed by atoms with Gasteiger partial charge in [0.25, 0.3) is 0 Å². The van der Waals surface area contributed by atoms with Crippen LogP contribution in [0.2, 0.25) is 0 Å². The first kappa shape index (κ1) is 18.9. The molecule has 0 aromatic carbocycles. The van der Waals surface area contributed by atoms with Crippen molar-refractivity contribution in [1.29, 1.82) is 0 Å². The normalized spacial score (nSPS) is 39.7. The molecule has 0 aromatic heterocycles. The lowest BCUT2D eigenvalue weighted by molar-refractivity contribution is -0.340. The summed E-state index contributed by atoms with van der Waals surface area (Å²) in [4.78, 5) is 0. The summed E-state index contributed by atoms with van der Waals surface area (Å²) < 4.78 is 71.4. The first-order valence-corrected chi connectivity index (χ1v) is 8.04. The molecule has 0 saturated heterocycles. The average molecular weight is 342 g/mol. The van der Waals surface area contributed by atoms with E-state index in [1.165, 1.54) is 7.11 Å². The lowest BCUT2D eigenvalue weighted by atomic mass is 9.67. The van der Waals surface area contributed by atoms with Crippen molar-refractivity contribution in [3.63, 3.8) is 0 Å². The van der Waals surface area contributed by atoms with Crippen LogP contribution >= 0.6 is 0 Å². The molecule has 2 rings (SSSR count). The second kappa shape index (κ2) is 6.48. The number of halogens is 4. The maximum Gasteiger partial charge on any atom is 0.420 e. The van der Waals surface area contributed by atoms with Crippen molar-refractivity contribution in [1.82, 2.24) is 0 Å². The van der Waals surface area contributed by atoms with E-state index in [-0.39, 0.29) is 37.4 Å². The Morgan fingerprint density at radius 1 is 1.13 bits per heavy atom. The van der Waals surface area contributed by atoms with Crippen molar-refractivity contribution >= 4 is 0 Å². The van der Waals surface area contributed by atoms with E-state index < -0.39 is 30.2 Å². The molecule has 0 spiro atoms. The van der Waals surface area contributed by atoms with Gasteiger partial charge >= 0.3 is 6.18 Å². The summed E-state index contributed by atoms with van der Waals surface area (Å²) in [6, 6.07) is 0. The van der Waals surface area contributed by atoms with Crippen LogP contribution in [0.15, 0.2) is 0 Å². The third-order valence-corrected chi connectivity index (χ3v) is 6.11. The van der Waals surface area contributed by atoms with E-state index in [0.717, 1.165) is 6.92 Å². The van der Waals surface area contributed by atoms with Gasteiger partial charge in [0, 0.05) is 7.11 Å². The number of methoxy groups -OCH3 is 1. The molecular weight excluding hydrogens is 316 g/mol. The van der Waals surface area contributed by atoms with Crippen molar-refractivity contribution in [2.45, 2.75) is 51.1 Å². The van der Waals surface area contributed by atoms with E-state index in [1.807, 2.05) is 13.8 Å². The Morgan fingerprint density at radius 2 is 1.78 bits per heavy atom. The predicted octanol–water partition coefficient (Wildman–Crippen LogP) is 3.96. The molecule has 0 N–H and O–H groups in total. The molecule has 136 valence electrons. The lowest BCUT2D eigenvalue weighted by Crippen LogP contribution is -2.64. The maximum atomic E-state index is 15.6. The zero-order valence-electron chi connectivity index (χ0n) is 14.1. The maximum absolute atomic E-state index is 15.6. The fourth-order valence-corrected chi connectivity index (χ4v) is 4.30. The van der Waals surface area contributed by atoms with Crippen LogP contribution in [0.25, 0.3) is 0 Å². The fourth-order valence-electron chi connectivity index (χ4n) is 4.30. The first-order chi connectivity index (χ1) is 10.6. The summed E-state index contributed by atoms with van der Waals surface area (Å²) in [5, 5.41) is 0. The molecule has 2 aliphatic carbocycles. The van der Waals surface area contributed by atoms with E-state index >= 15 is 4.39 Å². The van der Waals surface area contributed by atoms with Crippen LogP contribution in [0.3, 0.4) is 0 Å². The predicted molar refractivity (Wildman–Crippen MR) is 76.6 cm³/mol. The summed E-state index contributed by atoms with van der Waals surface area (Å²) in [5.74, 6) is -0.481. The number of fused-ring (bicyclic) bond motifs is 2. The van der Waals surface area contributed by atoms with Crippen molar-refractivity contribution in [2.75, 3.05) is 27.1 Å². The van der Waals surface area contributed by atoms with Crippen molar-refractivity contribution in [2.24, 2.45) is 23.7 Å². The molecule has 2 saturated carbocycles. The highest BCUT2D eigenvalue weighted by Crippen LogP contribution is 2.64. The van der Waals surface area contributed by atoms with Gasteiger partial charge in [-0.3, -0.25) is 0 Å². The van der Waals surface area contributed by atoms with Crippen LogP contribution in [-0.2, 0) is 14.2 Å². The number of ether oxygens (including phenoxy) is 3. The standard InChI is InChI=1S/C16H26F4O3/c1-10-11(2)13-7-12(10)8-15(13,17)14(3,16(18,19)20)23-9-22-6-5-21-4/h10-13H,5-9H2,1-4H3. The van der Waals surface area contributed by atoms with E-state index in [4.69, 9.17) is 14.2 Å². The highest BCUT2D eigenvalue weighted by molar-refractivity contribution is 5.16. The Hall–Kier alpha value is -0.400. The second-order valence-corrected chi connectivity index (χ2v) is 7.08. The Morgan fingerprint density at radius 3 is 2.26 bits per heavy atom. The molecule has 0 amide bonds. The molecule has 2 fully saturated rings. The molecule has 0 radical (unpaired) electrons. The Bertz CT molecular complexity index is 415. The minimum absolute atomic E-state index is 0.0142. The molecule has 0 heterocycles. The number of hydrogen-bond donors (Lipinski definition) is 0. The van der Waals surface area contributed by atoms with E-state index in [9.17, 15) is 13.2 Å². The summed E-state index contributed by atoms with van der Waals surface area (Å²) in [6.45, 7) is 4.40. The zero-order valence-corrected chi connectivity index (χ0v) is 14.1. The molecule has 23 heavy (non-hydrogen) atoms. The SMILES string of the molecule is COCCOCOC(C)(C(F)(F)F)C1(F)CC2CC1C(C)C2C. The fraction of sp³-hybridized carbons (Fsp3) is 1.00. The van der Waals surface area contributed by atoms with Gasteiger partial charge in [-0.05, 0) is 43.4 Å². The van der Waals surface area contributed by atoms with Crippen LogP contribution in [0, 0.1) is 23.7 Å². The van der Waals surface area contributed by atoms with Crippen LogP contribution in [0.4, 0.5) is 17.6 Å². The highest BCUT2D eigenvalue weighted by atomic mass is 19.4. The van der Waals surface area contributed by atoms with Gasteiger partial charge in [-0.1, -0.05) is 13.8 Å². The smallest absolute Gasteiger partial charge is 0.382 e. The van der Waals surface area contributed by atoms with E-state index in [1.54, 1.807) is 0 Å². The topological polar surface area (TPSA) is 27.7 Å². The summed E-state index contributed by atoms with van der Waals surface area (Å²) >= 11 is 0. The third kappa shape index (κ3) is 3.00. The Labute approximate surface area is 134 Å². The van der Waals surface area contributed by atoms with Crippen LogP contribution in [-0.4, -0.2) is 44.6 Å². The molecule has 6 atom stereocenters. The quantitative estimate of drug-likeness (QED) is 0.398. The summed E-state index contributed by atoms with van der Waals surface area (Å²) in [5.41, 5.74) is -5.27. The molecule has 3 nitrogen and oxygen atoms in total. The molecule has 2 aliphatic rings. The zero-order chi connectivity index (χ0) is 17.5. The van der Waals surface area contributed by atoms with Crippen LogP contribution in [0.1, 0.15) is 33.6 Å². The number of rotatable bonds is 7. The van der Waals surface area contributed by atoms with E-state index in [2.05, 4.69) is 0 Å². The highest BCUT2D eigenvalue weighted by Gasteiger charge is 2.74. The van der Waals surface area contributed by atoms with Gasteiger partial charge in [0.15, 0.2) is 11.3 Å².